The SMILES string of the molecule is CC1(NS(=O)(=O)c2ccc(C#CCO)cc2F)CCOC1. The van der Waals surface area contributed by atoms with Gasteiger partial charge in [0.05, 0.1) is 12.1 Å². The zero-order valence-corrected chi connectivity index (χ0v) is 12.3. The van der Waals surface area contributed by atoms with Gasteiger partial charge in [0, 0.05) is 12.2 Å². The molecule has 1 aliphatic heterocycles. The zero-order valence-electron chi connectivity index (χ0n) is 11.5. The fourth-order valence-corrected chi connectivity index (χ4v) is 3.55. The molecule has 7 heteroatoms. The van der Waals surface area contributed by atoms with E-state index in [2.05, 4.69) is 16.6 Å². The van der Waals surface area contributed by atoms with Crippen molar-refractivity contribution >= 4 is 10.0 Å². The van der Waals surface area contributed by atoms with Crippen molar-refractivity contribution in [2.24, 2.45) is 0 Å². The first kappa shape index (κ1) is 15.9. The predicted octanol–water partition coefficient (Wildman–Crippen LogP) is 0.627. The molecule has 1 fully saturated rings. The zero-order chi connectivity index (χ0) is 15.5. The maximum Gasteiger partial charge on any atom is 0.244 e. The van der Waals surface area contributed by atoms with Crippen molar-refractivity contribution in [3.8, 4) is 11.8 Å². The van der Waals surface area contributed by atoms with Crippen molar-refractivity contribution in [3.63, 3.8) is 0 Å². The van der Waals surface area contributed by atoms with Gasteiger partial charge in [0.15, 0.2) is 0 Å². The quantitative estimate of drug-likeness (QED) is 0.803. The molecule has 1 saturated heterocycles. The Hall–Kier alpha value is -1.46. The van der Waals surface area contributed by atoms with Gasteiger partial charge >= 0.3 is 0 Å². The molecule has 1 unspecified atom stereocenters. The van der Waals surface area contributed by atoms with Gasteiger partial charge in [-0.1, -0.05) is 11.8 Å². The molecule has 0 aromatic heterocycles. The molecule has 0 aliphatic carbocycles. The number of ether oxygens (including phenoxy) is 1. The second kappa shape index (κ2) is 6.12. The summed E-state index contributed by atoms with van der Waals surface area (Å²) in [7, 11) is -3.97. The lowest BCUT2D eigenvalue weighted by molar-refractivity contribution is 0.178. The lowest BCUT2D eigenvalue weighted by Crippen LogP contribution is -2.46. The first-order valence-electron chi connectivity index (χ1n) is 6.37. The summed E-state index contributed by atoms with van der Waals surface area (Å²) in [5, 5.41) is 8.58. The molecule has 114 valence electrons. The van der Waals surface area contributed by atoms with Crippen LogP contribution in [0.2, 0.25) is 0 Å². The minimum atomic E-state index is -3.97. The average Bonchev–Trinajstić information content (AvgIpc) is 2.81. The van der Waals surface area contributed by atoms with Crippen LogP contribution in [0.4, 0.5) is 4.39 Å². The Morgan fingerprint density at radius 2 is 2.29 bits per heavy atom. The van der Waals surface area contributed by atoms with Gasteiger partial charge in [-0.05, 0) is 31.5 Å². The summed E-state index contributed by atoms with van der Waals surface area (Å²) in [5.74, 6) is 4.01. The van der Waals surface area contributed by atoms with Crippen molar-refractivity contribution < 1.29 is 22.7 Å². The molecule has 21 heavy (non-hydrogen) atoms. The summed E-state index contributed by atoms with van der Waals surface area (Å²) in [6.45, 7) is 2.10. The van der Waals surface area contributed by atoms with E-state index in [1.54, 1.807) is 6.92 Å². The Morgan fingerprint density at radius 3 is 2.86 bits per heavy atom. The van der Waals surface area contributed by atoms with E-state index >= 15 is 0 Å². The first-order chi connectivity index (χ1) is 9.86. The molecule has 0 amide bonds. The number of hydrogen-bond acceptors (Lipinski definition) is 4. The summed E-state index contributed by atoms with van der Waals surface area (Å²) in [5.41, 5.74) is -0.420. The summed E-state index contributed by atoms with van der Waals surface area (Å²) < 4.78 is 46.2. The summed E-state index contributed by atoms with van der Waals surface area (Å²) >= 11 is 0. The minimum absolute atomic E-state index is 0.258. The molecule has 1 aromatic carbocycles. The lowest BCUT2D eigenvalue weighted by Gasteiger charge is -2.23. The van der Waals surface area contributed by atoms with E-state index in [4.69, 9.17) is 9.84 Å². The van der Waals surface area contributed by atoms with Gasteiger partial charge in [-0.3, -0.25) is 0 Å². The molecule has 1 atom stereocenters. The second-order valence-corrected chi connectivity index (χ2v) is 6.72. The molecule has 2 N–H and O–H groups in total. The van der Waals surface area contributed by atoms with Crippen LogP contribution >= 0.6 is 0 Å². The van der Waals surface area contributed by atoms with E-state index < -0.39 is 26.3 Å². The van der Waals surface area contributed by atoms with Crippen LogP contribution in [0, 0.1) is 17.7 Å². The molecule has 1 aromatic rings. The molecule has 0 bridgehead atoms. The maximum absolute atomic E-state index is 14.0. The number of aliphatic hydroxyl groups is 1. The average molecular weight is 313 g/mol. The number of aliphatic hydroxyl groups excluding tert-OH is 1. The predicted molar refractivity (Wildman–Crippen MR) is 74.5 cm³/mol. The smallest absolute Gasteiger partial charge is 0.244 e. The van der Waals surface area contributed by atoms with Crippen LogP contribution in [0.15, 0.2) is 23.1 Å². The van der Waals surface area contributed by atoms with E-state index in [9.17, 15) is 12.8 Å². The van der Waals surface area contributed by atoms with E-state index in [-0.39, 0.29) is 13.2 Å². The largest absolute Gasteiger partial charge is 0.384 e. The van der Waals surface area contributed by atoms with Gasteiger partial charge in [0.2, 0.25) is 10.0 Å². The van der Waals surface area contributed by atoms with Crippen LogP contribution in [0.1, 0.15) is 18.9 Å². The summed E-state index contributed by atoms with van der Waals surface area (Å²) in [4.78, 5) is -0.426. The molecule has 0 radical (unpaired) electrons. The van der Waals surface area contributed by atoms with Gasteiger partial charge in [-0.15, -0.1) is 0 Å². The maximum atomic E-state index is 14.0. The molecule has 1 heterocycles. The highest BCUT2D eigenvalue weighted by atomic mass is 32.2. The third kappa shape index (κ3) is 3.80. The van der Waals surface area contributed by atoms with Gasteiger partial charge < -0.3 is 9.84 Å². The Kier molecular flexibility index (Phi) is 4.64. The molecular formula is C14H16FNO4S. The van der Waals surface area contributed by atoms with Crippen molar-refractivity contribution in [3.05, 3.63) is 29.6 Å². The van der Waals surface area contributed by atoms with Crippen LogP contribution in [0.3, 0.4) is 0 Å². The van der Waals surface area contributed by atoms with Crippen LogP contribution < -0.4 is 4.72 Å². The number of hydrogen-bond donors (Lipinski definition) is 2. The number of sulfonamides is 1. The fourth-order valence-electron chi connectivity index (χ4n) is 2.07. The Morgan fingerprint density at radius 1 is 1.52 bits per heavy atom. The van der Waals surface area contributed by atoms with Crippen LogP contribution in [0.25, 0.3) is 0 Å². The Bertz CT molecular complexity index is 685. The topological polar surface area (TPSA) is 75.6 Å². The Labute approximate surface area is 123 Å². The van der Waals surface area contributed by atoms with Crippen LogP contribution in [-0.4, -0.2) is 38.9 Å². The molecule has 0 saturated carbocycles. The fraction of sp³-hybridized carbons (Fsp3) is 0.429. The van der Waals surface area contributed by atoms with Crippen molar-refractivity contribution in [2.75, 3.05) is 19.8 Å². The highest BCUT2D eigenvalue weighted by Gasteiger charge is 2.35. The number of benzene rings is 1. The normalized spacial score (nSPS) is 21.9. The monoisotopic (exact) mass is 313 g/mol. The van der Waals surface area contributed by atoms with Gasteiger partial charge in [-0.2, -0.15) is 0 Å². The van der Waals surface area contributed by atoms with E-state index in [1.165, 1.54) is 6.07 Å². The highest BCUT2D eigenvalue weighted by Crippen LogP contribution is 2.23. The molecule has 2 rings (SSSR count). The number of rotatable bonds is 3. The van der Waals surface area contributed by atoms with E-state index in [0.29, 0.717) is 18.6 Å². The highest BCUT2D eigenvalue weighted by molar-refractivity contribution is 7.89. The van der Waals surface area contributed by atoms with Crippen LogP contribution in [-0.2, 0) is 14.8 Å². The molecule has 1 aliphatic rings. The molecule has 5 nitrogen and oxygen atoms in total. The molecule has 0 spiro atoms. The number of nitrogens with one attached hydrogen (secondary N) is 1. The third-order valence-corrected chi connectivity index (χ3v) is 4.80. The van der Waals surface area contributed by atoms with E-state index in [1.807, 2.05) is 0 Å². The standard InChI is InChI=1S/C14H16FNO4S/c1-14(6-8-20-10-14)16-21(18,19)13-5-4-11(3-2-7-17)9-12(13)15/h4-5,9,16-17H,6-8,10H2,1H3. The van der Waals surface area contributed by atoms with E-state index in [0.717, 1.165) is 12.1 Å². The Balaban J connectivity index is 2.28. The van der Waals surface area contributed by atoms with Crippen LogP contribution in [0.5, 0.6) is 0 Å². The first-order valence-corrected chi connectivity index (χ1v) is 7.86. The molecular weight excluding hydrogens is 297 g/mol. The van der Waals surface area contributed by atoms with Gasteiger partial charge in [0.25, 0.3) is 0 Å². The van der Waals surface area contributed by atoms with Gasteiger partial charge in [0.1, 0.15) is 17.3 Å². The van der Waals surface area contributed by atoms with Crippen molar-refractivity contribution in [2.45, 2.75) is 23.8 Å². The number of halogens is 1. The third-order valence-electron chi connectivity index (χ3n) is 3.13. The van der Waals surface area contributed by atoms with Gasteiger partial charge in [-0.25, -0.2) is 17.5 Å². The van der Waals surface area contributed by atoms with Crippen molar-refractivity contribution in [1.29, 1.82) is 0 Å². The summed E-state index contributed by atoms with van der Waals surface area (Å²) in [6, 6.07) is 3.59. The lowest BCUT2D eigenvalue weighted by atomic mass is 10.0. The summed E-state index contributed by atoms with van der Waals surface area (Å²) in [6.07, 6.45) is 0.536. The second-order valence-electron chi connectivity index (χ2n) is 5.07. The van der Waals surface area contributed by atoms with Crippen molar-refractivity contribution in [1.82, 2.24) is 4.72 Å². The minimum Gasteiger partial charge on any atom is -0.384 e.